The van der Waals surface area contributed by atoms with Crippen molar-refractivity contribution in [2.75, 3.05) is 46.3 Å². The van der Waals surface area contributed by atoms with Gasteiger partial charge in [0.05, 0.1) is 6.54 Å². The Morgan fingerprint density at radius 3 is 2.79 bits per heavy atom. The van der Waals surface area contributed by atoms with Gasteiger partial charge in [-0.1, -0.05) is 5.16 Å². The average molecular weight is 401 g/mol. The maximum Gasteiger partial charge on any atom is 0.455 e. The van der Waals surface area contributed by atoms with E-state index in [-0.39, 0.29) is 30.2 Å². The fourth-order valence-electron chi connectivity index (χ4n) is 4.71. The zero-order valence-corrected chi connectivity index (χ0v) is 16.0. The van der Waals surface area contributed by atoms with Crippen LogP contribution in [0.3, 0.4) is 0 Å². The first-order chi connectivity index (χ1) is 13.3. The minimum absolute atomic E-state index is 0.0245. The molecule has 0 radical (unpaired) electrons. The molecule has 2 aliphatic heterocycles. The van der Waals surface area contributed by atoms with Gasteiger partial charge in [0.2, 0.25) is 11.8 Å². The topological polar surface area (TPSA) is 65.7 Å². The molecule has 1 saturated carbocycles. The normalized spacial score (nSPS) is 29.9. The number of carbonyl (C=O) groups is 1. The molecule has 3 heterocycles. The summed E-state index contributed by atoms with van der Waals surface area (Å²) in [5, 5.41) is 3.02. The SMILES string of the molecule is CN1CCCN(C(=O)[C@@H]2C[C@H]3CCN(Cc4nc(C(F)(F)F)no4)C[C@H]32)CC1. The van der Waals surface area contributed by atoms with E-state index in [0.717, 1.165) is 52.0 Å². The van der Waals surface area contributed by atoms with Crippen LogP contribution in [-0.4, -0.2) is 77.1 Å². The molecular formula is C18H26F3N5O2. The molecule has 0 N–H and O–H groups in total. The molecule has 4 rings (SSSR count). The highest BCUT2D eigenvalue weighted by molar-refractivity contribution is 5.80. The van der Waals surface area contributed by atoms with E-state index in [2.05, 4.69) is 22.1 Å². The van der Waals surface area contributed by atoms with Gasteiger partial charge in [-0.2, -0.15) is 18.2 Å². The van der Waals surface area contributed by atoms with Gasteiger partial charge in [0, 0.05) is 32.1 Å². The van der Waals surface area contributed by atoms with E-state index in [0.29, 0.717) is 12.5 Å². The zero-order valence-electron chi connectivity index (χ0n) is 16.0. The van der Waals surface area contributed by atoms with Crippen molar-refractivity contribution in [3.63, 3.8) is 0 Å². The van der Waals surface area contributed by atoms with Crippen molar-refractivity contribution >= 4 is 5.91 Å². The lowest BCUT2D eigenvalue weighted by Crippen LogP contribution is -2.55. The first-order valence-electron chi connectivity index (χ1n) is 9.90. The maximum atomic E-state index is 13.0. The molecule has 0 unspecified atom stereocenters. The van der Waals surface area contributed by atoms with Crippen LogP contribution in [0.2, 0.25) is 0 Å². The molecule has 1 aromatic rings. The van der Waals surface area contributed by atoms with Crippen LogP contribution in [0.15, 0.2) is 4.52 Å². The molecule has 10 heteroatoms. The van der Waals surface area contributed by atoms with Gasteiger partial charge in [0.25, 0.3) is 5.82 Å². The smallest absolute Gasteiger partial charge is 0.341 e. The Bertz CT molecular complexity index is 710. The summed E-state index contributed by atoms with van der Waals surface area (Å²) in [7, 11) is 2.08. The Hall–Kier alpha value is -1.68. The molecular weight excluding hydrogens is 375 g/mol. The summed E-state index contributed by atoms with van der Waals surface area (Å²) < 4.78 is 42.7. The fraction of sp³-hybridized carbons (Fsp3) is 0.833. The molecule has 1 aromatic heterocycles. The van der Waals surface area contributed by atoms with Crippen molar-refractivity contribution in [2.45, 2.75) is 32.0 Å². The second-order valence-corrected chi connectivity index (χ2v) is 8.28. The average Bonchev–Trinajstić information content (AvgIpc) is 2.98. The third-order valence-corrected chi connectivity index (χ3v) is 6.39. The van der Waals surface area contributed by atoms with E-state index in [1.165, 1.54) is 0 Å². The van der Waals surface area contributed by atoms with Crippen LogP contribution in [0.5, 0.6) is 0 Å². The number of nitrogens with zero attached hydrogens (tertiary/aromatic N) is 5. The molecule has 1 aliphatic carbocycles. The molecule has 0 bridgehead atoms. The number of halogens is 3. The van der Waals surface area contributed by atoms with Crippen molar-refractivity contribution in [1.29, 1.82) is 0 Å². The third kappa shape index (κ3) is 4.03. The number of likely N-dealkylation sites (N-methyl/N-ethyl adjacent to an activating group) is 1. The summed E-state index contributed by atoms with van der Waals surface area (Å²) in [4.78, 5) is 22.7. The summed E-state index contributed by atoms with van der Waals surface area (Å²) in [6.07, 6.45) is -1.71. The fourth-order valence-corrected chi connectivity index (χ4v) is 4.71. The van der Waals surface area contributed by atoms with Crippen LogP contribution in [0, 0.1) is 17.8 Å². The minimum atomic E-state index is -4.60. The first-order valence-corrected chi connectivity index (χ1v) is 9.90. The number of aromatic nitrogens is 2. The number of fused-ring (bicyclic) bond motifs is 1. The summed E-state index contributed by atoms with van der Waals surface area (Å²) in [6.45, 7) is 5.16. The molecule has 28 heavy (non-hydrogen) atoms. The lowest BCUT2D eigenvalue weighted by atomic mass is 9.61. The van der Waals surface area contributed by atoms with E-state index >= 15 is 0 Å². The Balaban J connectivity index is 1.34. The number of amides is 1. The van der Waals surface area contributed by atoms with Crippen molar-refractivity contribution in [3.05, 3.63) is 11.7 Å². The molecule has 156 valence electrons. The Morgan fingerprint density at radius 1 is 1.21 bits per heavy atom. The van der Waals surface area contributed by atoms with Gasteiger partial charge in [0.1, 0.15) is 0 Å². The molecule has 0 aromatic carbocycles. The maximum absolute atomic E-state index is 13.0. The quantitative estimate of drug-likeness (QED) is 0.768. The van der Waals surface area contributed by atoms with Crippen LogP contribution < -0.4 is 0 Å². The largest absolute Gasteiger partial charge is 0.455 e. The number of piperidine rings is 1. The van der Waals surface area contributed by atoms with E-state index < -0.39 is 12.0 Å². The first kappa shape index (κ1) is 19.6. The van der Waals surface area contributed by atoms with Gasteiger partial charge in [-0.15, -0.1) is 0 Å². The molecule has 2 saturated heterocycles. The number of carbonyl (C=O) groups excluding carboxylic acids is 1. The van der Waals surface area contributed by atoms with E-state index in [1.807, 2.05) is 9.80 Å². The van der Waals surface area contributed by atoms with Crippen molar-refractivity contribution < 1.29 is 22.5 Å². The van der Waals surface area contributed by atoms with Crippen LogP contribution in [0.4, 0.5) is 13.2 Å². The van der Waals surface area contributed by atoms with Gasteiger partial charge in [0.15, 0.2) is 0 Å². The molecule has 3 atom stereocenters. The zero-order chi connectivity index (χ0) is 19.9. The van der Waals surface area contributed by atoms with Crippen molar-refractivity contribution in [1.82, 2.24) is 24.8 Å². The number of likely N-dealkylation sites (tertiary alicyclic amines) is 1. The highest BCUT2D eigenvalue weighted by Gasteiger charge is 2.49. The van der Waals surface area contributed by atoms with Gasteiger partial charge in [-0.05, 0) is 51.2 Å². The van der Waals surface area contributed by atoms with E-state index in [4.69, 9.17) is 4.52 Å². The second-order valence-electron chi connectivity index (χ2n) is 8.28. The van der Waals surface area contributed by atoms with Crippen molar-refractivity contribution in [2.24, 2.45) is 17.8 Å². The molecule has 3 fully saturated rings. The number of rotatable bonds is 3. The Morgan fingerprint density at radius 2 is 2.04 bits per heavy atom. The summed E-state index contributed by atoms with van der Waals surface area (Å²) >= 11 is 0. The van der Waals surface area contributed by atoms with E-state index in [9.17, 15) is 18.0 Å². The molecule has 1 amide bonds. The standard InChI is InChI=1S/C18H26F3N5O2/c1-24-4-2-5-26(8-7-24)16(27)13-9-12-3-6-25(10-14(12)13)11-15-22-17(23-28-15)18(19,20)21/h12-14H,2-11H2,1H3/t12-,13-,14-/m1/s1. The lowest BCUT2D eigenvalue weighted by molar-refractivity contribution is -0.148. The minimum Gasteiger partial charge on any atom is -0.341 e. The van der Waals surface area contributed by atoms with Gasteiger partial charge in [-0.25, -0.2) is 0 Å². The molecule has 0 spiro atoms. The van der Waals surface area contributed by atoms with Gasteiger partial charge < -0.3 is 14.3 Å². The highest BCUT2D eigenvalue weighted by atomic mass is 19.4. The summed E-state index contributed by atoms with van der Waals surface area (Å²) in [6, 6.07) is 0. The van der Waals surface area contributed by atoms with Crippen LogP contribution in [0.1, 0.15) is 31.0 Å². The lowest BCUT2D eigenvalue weighted by Gasteiger charge is -2.51. The summed E-state index contributed by atoms with van der Waals surface area (Å²) in [5.41, 5.74) is 0. The predicted octanol–water partition coefficient (Wildman–Crippen LogP) is 1.71. The molecule has 7 nitrogen and oxygen atoms in total. The predicted molar refractivity (Wildman–Crippen MR) is 93.0 cm³/mol. The molecule has 3 aliphatic rings. The number of hydrogen-bond acceptors (Lipinski definition) is 6. The second kappa shape index (κ2) is 7.62. The summed E-state index contributed by atoms with van der Waals surface area (Å²) in [5.74, 6) is -0.176. The third-order valence-electron chi connectivity index (χ3n) is 6.39. The van der Waals surface area contributed by atoms with Gasteiger partial charge in [-0.3, -0.25) is 9.69 Å². The number of hydrogen-bond donors (Lipinski definition) is 0. The number of alkyl halides is 3. The Labute approximate surface area is 161 Å². The van der Waals surface area contributed by atoms with Crippen molar-refractivity contribution in [3.8, 4) is 0 Å². The van der Waals surface area contributed by atoms with Crippen LogP contribution in [-0.2, 0) is 17.5 Å². The highest BCUT2D eigenvalue weighted by Crippen LogP contribution is 2.46. The van der Waals surface area contributed by atoms with Gasteiger partial charge >= 0.3 is 6.18 Å². The Kier molecular flexibility index (Phi) is 5.34. The van der Waals surface area contributed by atoms with E-state index in [1.54, 1.807) is 0 Å². The van der Waals surface area contributed by atoms with Crippen LogP contribution in [0.25, 0.3) is 0 Å². The monoisotopic (exact) mass is 401 g/mol. The van der Waals surface area contributed by atoms with Crippen LogP contribution >= 0.6 is 0 Å².